The van der Waals surface area contributed by atoms with Gasteiger partial charge < -0.3 is 14.7 Å². The molecule has 2 amide bonds. The summed E-state index contributed by atoms with van der Waals surface area (Å²) in [6, 6.07) is 11.4. The van der Waals surface area contributed by atoms with Gasteiger partial charge in [0.2, 0.25) is 5.91 Å². The Kier molecular flexibility index (Phi) is 6.01. The van der Waals surface area contributed by atoms with Crippen LogP contribution in [0, 0.1) is 5.92 Å². The number of hydrogen-bond acceptors (Lipinski definition) is 6. The Hall–Kier alpha value is -3.75. The molecule has 9 nitrogen and oxygen atoms in total. The lowest BCUT2D eigenvalue weighted by molar-refractivity contribution is -0.137. The minimum atomic E-state index is -0.162. The van der Waals surface area contributed by atoms with Crippen molar-refractivity contribution in [2.45, 2.75) is 12.8 Å². The van der Waals surface area contributed by atoms with E-state index < -0.39 is 0 Å². The number of carbonyl (C=O) groups excluding carboxylic acids is 2. The van der Waals surface area contributed by atoms with Crippen LogP contribution in [0.25, 0.3) is 11.3 Å². The van der Waals surface area contributed by atoms with Gasteiger partial charge in [-0.05, 0) is 43.2 Å². The van der Waals surface area contributed by atoms with Crippen molar-refractivity contribution < 1.29 is 9.59 Å². The molecule has 0 unspecified atom stereocenters. The van der Waals surface area contributed by atoms with Gasteiger partial charge in [-0.25, -0.2) is 4.98 Å². The van der Waals surface area contributed by atoms with Crippen LogP contribution in [0.3, 0.4) is 0 Å². The molecule has 3 aromatic rings. The molecule has 1 N–H and O–H groups in total. The predicted octanol–water partition coefficient (Wildman–Crippen LogP) is 2.07. The third-order valence-corrected chi connectivity index (χ3v) is 6.39. The zero-order valence-electron chi connectivity index (χ0n) is 18.4. The molecular weight excluding hydrogens is 418 g/mol. The molecule has 0 saturated carbocycles. The average molecular weight is 446 g/mol. The lowest BCUT2D eigenvalue weighted by Crippen LogP contribution is -2.53. The van der Waals surface area contributed by atoms with Crippen molar-refractivity contribution in [2.75, 3.05) is 44.2 Å². The van der Waals surface area contributed by atoms with E-state index in [0.717, 1.165) is 37.3 Å². The third kappa shape index (κ3) is 4.57. The van der Waals surface area contributed by atoms with Crippen molar-refractivity contribution in [1.29, 1.82) is 0 Å². The second kappa shape index (κ2) is 9.40. The van der Waals surface area contributed by atoms with E-state index in [-0.39, 0.29) is 17.7 Å². The van der Waals surface area contributed by atoms with Gasteiger partial charge in [0.05, 0.1) is 11.6 Å². The Morgan fingerprint density at radius 1 is 0.970 bits per heavy atom. The van der Waals surface area contributed by atoms with E-state index in [1.165, 1.54) is 0 Å². The molecule has 9 heteroatoms. The molecular formula is C24H27N7O2. The smallest absolute Gasteiger partial charge is 0.271 e. The summed E-state index contributed by atoms with van der Waals surface area (Å²) in [5.74, 6) is 0.818. The number of pyridine rings is 2. The van der Waals surface area contributed by atoms with Gasteiger partial charge in [0.25, 0.3) is 5.91 Å². The zero-order chi connectivity index (χ0) is 22.6. The van der Waals surface area contributed by atoms with Crippen LogP contribution in [-0.2, 0) is 4.79 Å². The van der Waals surface area contributed by atoms with E-state index >= 15 is 0 Å². The summed E-state index contributed by atoms with van der Waals surface area (Å²) in [4.78, 5) is 40.7. The first-order chi connectivity index (χ1) is 16.2. The van der Waals surface area contributed by atoms with E-state index in [9.17, 15) is 9.59 Å². The van der Waals surface area contributed by atoms with Crippen LogP contribution < -0.4 is 4.90 Å². The number of piperidine rings is 1. The highest BCUT2D eigenvalue weighted by atomic mass is 16.2. The molecule has 2 fully saturated rings. The molecule has 33 heavy (non-hydrogen) atoms. The Labute approximate surface area is 192 Å². The van der Waals surface area contributed by atoms with Crippen LogP contribution in [0.15, 0.2) is 55.0 Å². The van der Waals surface area contributed by atoms with Gasteiger partial charge in [-0.3, -0.25) is 19.7 Å². The van der Waals surface area contributed by atoms with Crippen molar-refractivity contribution in [3.8, 4) is 11.3 Å². The number of aromatic amines is 1. The Balaban J connectivity index is 1.19. The SMILES string of the molecule is O=C(c1cc(-c2cccnc2)n[nH]1)N1CCC[C@@H](C(=O)N2CCN(c3ccccn3)CC2)C1. The van der Waals surface area contributed by atoms with Gasteiger partial charge in [0, 0.05) is 63.4 Å². The first-order valence-electron chi connectivity index (χ1n) is 11.4. The van der Waals surface area contributed by atoms with Gasteiger partial charge >= 0.3 is 0 Å². The highest BCUT2D eigenvalue weighted by Crippen LogP contribution is 2.23. The standard InChI is InChI=1S/C24H27N7O2/c32-23(30-13-11-29(12-14-30)22-7-1-2-9-26-22)19-6-4-10-31(17-19)24(33)21-15-20(27-28-21)18-5-3-8-25-16-18/h1-3,5,7-9,15-16,19H,4,6,10-14,17H2,(H,27,28)/t19-/m1/s1. The van der Waals surface area contributed by atoms with Crippen molar-refractivity contribution in [2.24, 2.45) is 5.92 Å². The molecule has 0 bridgehead atoms. The largest absolute Gasteiger partial charge is 0.353 e. The number of rotatable bonds is 4. The maximum absolute atomic E-state index is 13.2. The van der Waals surface area contributed by atoms with Crippen LogP contribution in [-0.4, -0.2) is 81.0 Å². The van der Waals surface area contributed by atoms with E-state index in [0.29, 0.717) is 37.6 Å². The Morgan fingerprint density at radius 2 is 1.85 bits per heavy atom. The molecule has 3 aromatic heterocycles. The maximum atomic E-state index is 13.2. The van der Waals surface area contributed by atoms with E-state index in [4.69, 9.17) is 0 Å². The lowest BCUT2D eigenvalue weighted by Gasteiger charge is -2.39. The topological polar surface area (TPSA) is 98.3 Å². The minimum absolute atomic E-state index is 0.116. The molecule has 0 aromatic carbocycles. The summed E-state index contributed by atoms with van der Waals surface area (Å²) in [6.45, 7) is 3.98. The number of anilines is 1. The van der Waals surface area contributed by atoms with Crippen LogP contribution in [0.4, 0.5) is 5.82 Å². The number of piperazine rings is 1. The molecule has 2 aliphatic rings. The first kappa shape index (κ1) is 21.1. The average Bonchev–Trinajstić information content (AvgIpc) is 3.39. The number of amides is 2. The molecule has 1 atom stereocenters. The minimum Gasteiger partial charge on any atom is -0.353 e. The Morgan fingerprint density at radius 3 is 2.61 bits per heavy atom. The second-order valence-corrected chi connectivity index (χ2v) is 8.50. The number of carbonyl (C=O) groups is 2. The first-order valence-corrected chi connectivity index (χ1v) is 11.4. The van der Waals surface area contributed by atoms with Gasteiger partial charge in [-0.2, -0.15) is 5.10 Å². The number of H-pyrrole nitrogens is 1. The molecule has 0 spiro atoms. The molecule has 2 aliphatic heterocycles. The van der Waals surface area contributed by atoms with Gasteiger partial charge in [0.15, 0.2) is 0 Å². The maximum Gasteiger partial charge on any atom is 0.271 e. The van der Waals surface area contributed by atoms with Crippen LogP contribution >= 0.6 is 0 Å². The van der Waals surface area contributed by atoms with Gasteiger partial charge in [-0.15, -0.1) is 0 Å². The summed E-state index contributed by atoms with van der Waals surface area (Å²) < 4.78 is 0. The van der Waals surface area contributed by atoms with Crippen LogP contribution in [0.2, 0.25) is 0 Å². The summed E-state index contributed by atoms with van der Waals surface area (Å²) in [7, 11) is 0. The highest BCUT2D eigenvalue weighted by molar-refractivity contribution is 5.94. The lowest BCUT2D eigenvalue weighted by atomic mass is 9.96. The number of likely N-dealkylation sites (tertiary alicyclic amines) is 1. The van der Waals surface area contributed by atoms with Crippen molar-refractivity contribution in [1.82, 2.24) is 30.0 Å². The second-order valence-electron chi connectivity index (χ2n) is 8.50. The molecule has 5 rings (SSSR count). The molecule has 5 heterocycles. The summed E-state index contributed by atoms with van der Waals surface area (Å²) in [5, 5.41) is 7.12. The quantitative estimate of drug-likeness (QED) is 0.660. The molecule has 2 saturated heterocycles. The van der Waals surface area contributed by atoms with Gasteiger partial charge in [-0.1, -0.05) is 6.07 Å². The normalized spacial score (nSPS) is 18.9. The third-order valence-electron chi connectivity index (χ3n) is 6.39. The zero-order valence-corrected chi connectivity index (χ0v) is 18.4. The van der Waals surface area contributed by atoms with Crippen LogP contribution in [0.1, 0.15) is 23.3 Å². The number of nitrogens with zero attached hydrogens (tertiary/aromatic N) is 6. The summed E-state index contributed by atoms with van der Waals surface area (Å²) >= 11 is 0. The summed E-state index contributed by atoms with van der Waals surface area (Å²) in [6.07, 6.45) is 6.84. The monoisotopic (exact) mass is 445 g/mol. The van der Waals surface area contributed by atoms with E-state index in [1.807, 2.05) is 35.2 Å². The molecule has 0 radical (unpaired) electrons. The fourth-order valence-corrected chi connectivity index (χ4v) is 4.58. The van der Waals surface area contributed by atoms with Crippen molar-refractivity contribution in [3.63, 3.8) is 0 Å². The Bertz CT molecular complexity index is 1090. The number of aromatic nitrogens is 4. The number of hydrogen-bond donors (Lipinski definition) is 1. The van der Waals surface area contributed by atoms with E-state index in [2.05, 4.69) is 25.1 Å². The number of nitrogens with one attached hydrogen (secondary N) is 1. The fraction of sp³-hybridized carbons (Fsp3) is 0.375. The fourth-order valence-electron chi connectivity index (χ4n) is 4.58. The van der Waals surface area contributed by atoms with Crippen molar-refractivity contribution >= 4 is 17.6 Å². The highest BCUT2D eigenvalue weighted by Gasteiger charge is 2.33. The van der Waals surface area contributed by atoms with Gasteiger partial charge in [0.1, 0.15) is 11.5 Å². The van der Waals surface area contributed by atoms with Crippen molar-refractivity contribution in [3.05, 3.63) is 60.7 Å². The molecule has 0 aliphatic carbocycles. The van der Waals surface area contributed by atoms with Crippen LogP contribution in [0.5, 0.6) is 0 Å². The van der Waals surface area contributed by atoms with E-state index in [1.54, 1.807) is 29.6 Å². The predicted molar refractivity (Wildman–Crippen MR) is 123 cm³/mol. The summed E-state index contributed by atoms with van der Waals surface area (Å²) in [5.41, 5.74) is 1.97. The molecule has 170 valence electrons.